The predicted octanol–water partition coefficient (Wildman–Crippen LogP) is 2.30. The lowest BCUT2D eigenvalue weighted by Gasteiger charge is -2.34. The van der Waals surface area contributed by atoms with E-state index >= 15 is 0 Å². The number of nitrogens with one attached hydrogen (secondary N) is 1. The maximum Gasteiger partial charge on any atom is 0.234 e. The molecule has 1 amide bonds. The molecule has 3 rings (SSSR count). The summed E-state index contributed by atoms with van der Waals surface area (Å²) >= 11 is 0. The number of hydrogen-bond acceptors (Lipinski definition) is 4. The number of carbonyl (C=O) groups excluding carboxylic acids is 1. The number of piperidine rings is 1. The zero-order chi connectivity index (χ0) is 15.9. The van der Waals surface area contributed by atoms with Gasteiger partial charge in [-0.1, -0.05) is 32.1 Å². The molecule has 3 aliphatic rings. The molecule has 1 aliphatic carbocycles. The Kier molecular flexibility index (Phi) is 6.72. The third-order valence-electron chi connectivity index (χ3n) is 5.41. The summed E-state index contributed by atoms with van der Waals surface area (Å²) in [4.78, 5) is 14.7. The van der Waals surface area contributed by atoms with Crippen LogP contribution < -0.4 is 5.32 Å². The van der Waals surface area contributed by atoms with Crippen LogP contribution in [0.2, 0.25) is 0 Å². The largest absolute Gasteiger partial charge is 0.352 e. The predicted molar refractivity (Wildman–Crippen MR) is 89.1 cm³/mol. The summed E-state index contributed by atoms with van der Waals surface area (Å²) in [6.07, 6.45) is 11.0. The summed E-state index contributed by atoms with van der Waals surface area (Å²) in [5.41, 5.74) is 0. The van der Waals surface area contributed by atoms with Gasteiger partial charge in [0.2, 0.25) is 5.91 Å². The zero-order valence-corrected chi connectivity index (χ0v) is 14.3. The molecule has 3 fully saturated rings. The first-order chi connectivity index (χ1) is 11.3. The Morgan fingerprint density at radius 3 is 2.39 bits per heavy atom. The van der Waals surface area contributed by atoms with Crippen molar-refractivity contribution < 1.29 is 14.3 Å². The van der Waals surface area contributed by atoms with Crippen LogP contribution in [0.1, 0.15) is 57.8 Å². The van der Waals surface area contributed by atoms with Crippen LogP contribution in [-0.4, -0.2) is 56.0 Å². The van der Waals surface area contributed by atoms with Crippen molar-refractivity contribution in [3.05, 3.63) is 0 Å². The highest BCUT2D eigenvalue weighted by Crippen LogP contribution is 2.24. The Morgan fingerprint density at radius 1 is 0.957 bits per heavy atom. The van der Waals surface area contributed by atoms with E-state index < -0.39 is 0 Å². The van der Waals surface area contributed by atoms with Crippen molar-refractivity contribution in [3.8, 4) is 0 Å². The van der Waals surface area contributed by atoms with Crippen LogP contribution >= 0.6 is 0 Å². The van der Waals surface area contributed by atoms with Gasteiger partial charge in [0, 0.05) is 18.5 Å². The molecule has 132 valence electrons. The number of likely N-dealkylation sites (tertiary alicyclic amines) is 1. The fraction of sp³-hybridized carbons (Fsp3) is 0.944. The van der Waals surface area contributed by atoms with Crippen LogP contribution in [0.25, 0.3) is 0 Å². The minimum Gasteiger partial charge on any atom is -0.352 e. The number of rotatable bonds is 4. The van der Waals surface area contributed by atoms with Crippen LogP contribution in [0, 0.1) is 5.92 Å². The average molecular weight is 324 g/mol. The van der Waals surface area contributed by atoms with E-state index in [4.69, 9.17) is 9.47 Å². The summed E-state index contributed by atoms with van der Waals surface area (Å²) in [5.74, 6) is 0.616. The van der Waals surface area contributed by atoms with E-state index in [1.165, 1.54) is 32.1 Å². The van der Waals surface area contributed by atoms with Gasteiger partial charge in [-0.3, -0.25) is 9.69 Å². The molecule has 0 aromatic rings. The Labute approximate surface area is 140 Å². The molecule has 5 nitrogen and oxygen atoms in total. The van der Waals surface area contributed by atoms with E-state index in [9.17, 15) is 4.79 Å². The van der Waals surface area contributed by atoms with Gasteiger partial charge in [0.05, 0.1) is 19.8 Å². The summed E-state index contributed by atoms with van der Waals surface area (Å²) in [5, 5.41) is 3.28. The summed E-state index contributed by atoms with van der Waals surface area (Å²) in [6.45, 7) is 3.89. The monoisotopic (exact) mass is 324 g/mol. The summed E-state index contributed by atoms with van der Waals surface area (Å²) in [7, 11) is 0. The van der Waals surface area contributed by atoms with Crippen LogP contribution in [-0.2, 0) is 14.3 Å². The number of ether oxygens (including phenoxy) is 2. The molecule has 5 heteroatoms. The molecule has 0 radical (unpaired) electrons. The molecule has 1 atom stereocenters. The molecule has 0 aromatic carbocycles. The standard InChI is InChI=1S/C18H32N2O3/c21-17(19-16-8-4-2-1-3-5-9-16)14-20-10-6-7-15(13-20)18-22-11-12-23-18/h15-16,18H,1-14H2,(H,19,21). The van der Waals surface area contributed by atoms with Crippen LogP contribution in [0.4, 0.5) is 0 Å². The van der Waals surface area contributed by atoms with E-state index in [1.54, 1.807) is 0 Å². The molecule has 0 aromatic heterocycles. The van der Waals surface area contributed by atoms with E-state index in [1.807, 2.05) is 0 Å². The van der Waals surface area contributed by atoms with Crippen molar-refractivity contribution in [3.63, 3.8) is 0 Å². The second kappa shape index (κ2) is 9.00. The van der Waals surface area contributed by atoms with Crippen molar-refractivity contribution >= 4 is 5.91 Å². The Hall–Kier alpha value is -0.650. The van der Waals surface area contributed by atoms with Gasteiger partial charge in [-0.15, -0.1) is 0 Å². The molecule has 1 unspecified atom stereocenters. The van der Waals surface area contributed by atoms with Gasteiger partial charge in [0.25, 0.3) is 0 Å². The lowest BCUT2D eigenvalue weighted by atomic mass is 9.96. The van der Waals surface area contributed by atoms with Gasteiger partial charge in [-0.05, 0) is 32.2 Å². The van der Waals surface area contributed by atoms with Gasteiger partial charge in [0.15, 0.2) is 6.29 Å². The first kappa shape index (κ1) is 17.2. The quantitative estimate of drug-likeness (QED) is 0.862. The highest BCUT2D eigenvalue weighted by molar-refractivity contribution is 5.78. The molecule has 2 aliphatic heterocycles. The van der Waals surface area contributed by atoms with Gasteiger partial charge < -0.3 is 14.8 Å². The molecular weight excluding hydrogens is 292 g/mol. The van der Waals surface area contributed by atoms with Crippen molar-refractivity contribution in [2.24, 2.45) is 5.92 Å². The minimum absolute atomic E-state index is 0.0496. The van der Waals surface area contributed by atoms with Gasteiger partial charge in [-0.2, -0.15) is 0 Å². The average Bonchev–Trinajstić information content (AvgIpc) is 3.04. The maximum atomic E-state index is 12.4. The Balaban J connectivity index is 1.41. The van der Waals surface area contributed by atoms with Gasteiger partial charge >= 0.3 is 0 Å². The van der Waals surface area contributed by atoms with Crippen molar-refractivity contribution in [1.82, 2.24) is 10.2 Å². The van der Waals surface area contributed by atoms with E-state index in [2.05, 4.69) is 10.2 Å². The van der Waals surface area contributed by atoms with Gasteiger partial charge in [0.1, 0.15) is 0 Å². The Morgan fingerprint density at radius 2 is 1.65 bits per heavy atom. The smallest absolute Gasteiger partial charge is 0.234 e. The van der Waals surface area contributed by atoms with E-state index in [0.717, 1.165) is 38.8 Å². The Bertz CT molecular complexity index is 363. The summed E-state index contributed by atoms with van der Waals surface area (Å²) in [6, 6.07) is 0.393. The van der Waals surface area contributed by atoms with Gasteiger partial charge in [-0.25, -0.2) is 0 Å². The van der Waals surface area contributed by atoms with Crippen LogP contribution in [0.5, 0.6) is 0 Å². The van der Waals surface area contributed by atoms with E-state index in [-0.39, 0.29) is 12.2 Å². The number of carbonyl (C=O) groups is 1. The summed E-state index contributed by atoms with van der Waals surface area (Å²) < 4.78 is 11.3. The SMILES string of the molecule is O=C(CN1CCCC(C2OCCO2)C1)NC1CCCCCCC1. The lowest BCUT2D eigenvalue weighted by Crippen LogP contribution is -2.47. The fourth-order valence-electron chi connectivity index (χ4n) is 4.18. The normalized spacial score (nSPS) is 29.1. The molecule has 2 saturated heterocycles. The van der Waals surface area contributed by atoms with Crippen molar-refractivity contribution in [2.45, 2.75) is 70.1 Å². The second-order valence-electron chi connectivity index (χ2n) is 7.36. The third kappa shape index (κ3) is 5.44. The number of hydrogen-bond donors (Lipinski definition) is 1. The molecule has 0 bridgehead atoms. The van der Waals surface area contributed by atoms with E-state index in [0.29, 0.717) is 31.7 Å². The first-order valence-corrected chi connectivity index (χ1v) is 9.56. The van der Waals surface area contributed by atoms with Crippen molar-refractivity contribution in [2.75, 3.05) is 32.8 Å². The zero-order valence-electron chi connectivity index (χ0n) is 14.3. The maximum absolute atomic E-state index is 12.4. The molecule has 23 heavy (non-hydrogen) atoms. The number of nitrogens with zero attached hydrogens (tertiary/aromatic N) is 1. The molecule has 1 N–H and O–H groups in total. The van der Waals surface area contributed by atoms with Crippen LogP contribution in [0.15, 0.2) is 0 Å². The first-order valence-electron chi connectivity index (χ1n) is 9.56. The highest BCUT2D eigenvalue weighted by atomic mass is 16.7. The fourth-order valence-corrected chi connectivity index (χ4v) is 4.18. The molecular formula is C18H32N2O3. The number of amides is 1. The molecule has 2 heterocycles. The molecule has 0 spiro atoms. The topological polar surface area (TPSA) is 50.8 Å². The molecule has 1 saturated carbocycles. The lowest BCUT2D eigenvalue weighted by molar-refractivity contribution is -0.126. The minimum atomic E-state index is -0.0496. The van der Waals surface area contributed by atoms with Crippen molar-refractivity contribution in [1.29, 1.82) is 0 Å². The highest BCUT2D eigenvalue weighted by Gasteiger charge is 2.31. The second-order valence-corrected chi connectivity index (χ2v) is 7.36. The third-order valence-corrected chi connectivity index (χ3v) is 5.41. The van der Waals surface area contributed by atoms with Crippen LogP contribution in [0.3, 0.4) is 0 Å².